The van der Waals surface area contributed by atoms with Gasteiger partial charge in [-0.05, 0) is 42.5 Å². The van der Waals surface area contributed by atoms with Gasteiger partial charge in [-0.15, -0.1) is 0 Å². The van der Waals surface area contributed by atoms with Crippen LogP contribution in [-0.4, -0.2) is 46.6 Å². The molecule has 0 saturated heterocycles. The van der Waals surface area contributed by atoms with Crippen molar-refractivity contribution in [3.05, 3.63) is 88.8 Å². The molecule has 0 unspecified atom stereocenters. The highest BCUT2D eigenvalue weighted by Crippen LogP contribution is 2.31. The summed E-state index contributed by atoms with van der Waals surface area (Å²) in [4.78, 5) is 27.2. The number of amides is 1. The average Bonchev–Trinajstić information content (AvgIpc) is 3.25. The molecule has 1 atom stereocenters. The van der Waals surface area contributed by atoms with Gasteiger partial charge in [-0.2, -0.15) is 9.78 Å². The van der Waals surface area contributed by atoms with Gasteiger partial charge in [0.15, 0.2) is 17.2 Å². The molecule has 1 amide bonds. The fraction of sp³-hybridized carbons (Fsp3) is 0.179. The van der Waals surface area contributed by atoms with Crippen LogP contribution in [0.15, 0.2) is 77.6 Å². The molecule has 5 aromatic rings. The van der Waals surface area contributed by atoms with Crippen molar-refractivity contribution in [2.24, 2.45) is 7.05 Å². The standard InChI is InChI=1S/C28H24N4O5/c1-31-21-8-4-3-7-20(21)24-25(27(33)29-15-19-16-36-22-9-5-6-10-23(22)37-19)30-32(28(34)26(24)31)17-11-13-18(35-2)14-12-17/h3-14,19H,15-16H2,1-2H3,(H,29,33)/t19-/m0/s1. The van der Waals surface area contributed by atoms with Gasteiger partial charge < -0.3 is 24.1 Å². The molecular formula is C28H24N4O5. The van der Waals surface area contributed by atoms with Gasteiger partial charge in [-0.1, -0.05) is 30.3 Å². The third-order valence-corrected chi connectivity index (χ3v) is 6.53. The summed E-state index contributed by atoms with van der Waals surface area (Å²) in [7, 11) is 3.39. The van der Waals surface area contributed by atoms with Gasteiger partial charge in [-0.3, -0.25) is 9.59 Å². The van der Waals surface area contributed by atoms with Crippen LogP contribution in [-0.2, 0) is 7.05 Å². The topological polar surface area (TPSA) is 96.6 Å². The van der Waals surface area contributed by atoms with Gasteiger partial charge >= 0.3 is 0 Å². The van der Waals surface area contributed by atoms with E-state index >= 15 is 0 Å². The predicted molar refractivity (Wildman–Crippen MR) is 139 cm³/mol. The van der Waals surface area contributed by atoms with E-state index < -0.39 is 5.91 Å². The van der Waals surface area contributed by atoms with E-state index in [1.165, 1.54) is 4.68 Å². The molecule has 2 aromatic heterocycles. The molecule has 186 valence electrons. The van der Waals surface area contributed by atoms with Gasteiger partial charge in [0, 0.05) is 23.3 Å². The SMILES string of the molecule is COc1ccc(-n2nc(C(=O)NC[C@H]3COc4ccccc4O3)c3c4ccccc4n(C)c3c2=O)cc1. The van der Waals surface area contributed by atoms with Gasteiger partial charge in [0.05, 0.1) is 19.3 Å². The Balaban J connectivity index is 1.42. The third-order valence-electron chi connectivity index (χ3n) is 6.53. The van der Waals surface area contributed by atoms with Crippen LogP contribution >= 0.6 is 0 Å². The summed E-state index contributed by atoms with van der Waals surface area (Å²) >= 11 is 0. The largest absolute Gasteiger partial charge is 0.497 e. The van der Waals surface area contributed by atoms with Crippen LogP contribution in [0.4, 0.5) is 0 Å². The number of para-hydroxylation sites is 3. The number of carbonyl (C=O) groups is 1. The molecule has 0 aliphatic carbocycles. The highest BCUT2D eigenvalue weighted by atomic mass is 16.6. The molecule has 0 bridgehead atoms. The number of aryl methyl sites for hydroxylation is 1. The second-order valence-corrected chi connectivity index (χ2v) is 8.77. The second kappa shape index (κ2) is 9.02. The molecule has 0 saturated carbocycles. The fourth-order valence-corrected chi connectivity index (χ4v) is 4.69. The summed E-state index contributed by atoms with van der Waals surface area (Å²) in [5.41, 5.74) is 1.57. The Morgan fingerprint density at radius 1 is 1.05 bits per heavy atom. The van der Waals surface area contributed by atoms with Crippen LogP contribution < -0.4 is 25.1 Å². The lowest BCUT2D eigenvalue weighted by Crippen LogP contribution is -2.41. The maximum atomic E-state index is 13.7. The summed E-state index contributed by atoms with van der Waals surface area (Å²) in [6.07, 6.45) is -0.366. The van der Waals surface area contributed by atoms with Crippen molar-refractivity contribution in [3.63, 3.8) is 0 Å². The zero-order chi connectivity index (χ0) is 25.5. The number of nitrogens with zero attached hydrogens (tertiary/aromatic N) is 3. The lowest BCUT2D eigenvalue weighted by molar-refractivity contribution is 0.0786. The maximum Gasteiger partial charge on any atom is 0.296 e. The minimum atomic E-state index is -0.411. The fourth-order valence-electron chi connectivity index (χ4n) is 4.69. The molecule has 3 aromatic carbocycles. The zero-order valence-corrected chi connectivity index (χ0v) is 20.3. The van der Waals surface area contributed by atoms with Crippen LogP contribution in [0.5, 0.6) is 17.2 Å². The summed E-state index contributed by atoms with van der Waals surface area (Å²) in [6.45, 7) is 0.516. The van der Waals surface area contributed by atoms with Crippen molar-refractivity contribution < 1.29 is 19.0 Å². The van der Waals surface area contributed by atoms with Crippen LogP contribution in [0.1, 0.15) is 10.5 Å². The number of fused-ring (bicyclic) bond motifs is 4. The smallest absolute Gasteiger partial charge is 0.296 e. The molecule has 1 N–H and O–H groups in total. The Labute approximate surface area is 211 Å². The molecule has 37 heavy (non-hydrogen) atoms. The summed E-state index contributed by atoms with van der Waals surface area (Å²) in [5.74, 6) is 1.55. The lowest BCUT2D eigenvalue weighted by Gasteiger charge is -2.26. The van der Waals surface area contributed by atoms with E-state index in [0.29, 0.717) is 40.4 Å². The van der Waals surface area contributed by atoms with Crippen LogP contribution in [0, 0.1) is 0 Å². The molecule has 0 fully saturated rings. The second-order valence-electron chi connectivity index (χ2n) is 8.77. The van der Waals surface area contributed by atoms with Crippen LogP contribution in [0.25, 0.3) is 27.5 Å². The molecule has 6 rings (SSSR count). The monoisotopic (exact) mass is 496 g/mol. The van der Waals surface area contributed by atoms with E-state index in [1.54, 1.807) is 35.9 Å². The van der Waals surface area contributed by atoms with E-state index in [1.807, 2.05) is 55.6 Å². The molecule has 9 heteroatoms. The van der Waals surface area contributed by atoms with Gasteiger partial charge in [0.1, 0.15) is 24.0 Å². The van der Waals surface area contributed by atoms with Gasteiger partial charge in [0.25, 0.3) is 11.5 Å². The Kier molecular flexibility index (Phi) is 5.52. The number of nitrogens with one attached hydrogen (secondary N) is 1. The minimum Gasteiger partial charge on any atom is -0.497 e. The van der Waals surface area contributed by atoms with E-state index in [9.17, 15) is 9.59 Å². The Morgan fingerprint density at radius 3 is 2.57 bits per heavy atom. The first-order chi connectivity index (χ1) is 18.0. The Hall–Kier alpha value is -4.79. The van der Waals surface area contributed by atoms with E-state index in [0.717, 1.165) is 10.9 Å². The molecule has 1 aliphatic heterocycles. The van der Waals surface area contributed by atoms with Crippen LogP contribution in [0.3, 0.4) is 0 Å². The molecular weight excluding hydrogens is 472 g/mol. The maximum absolute atomic E-state index is 13.7. The number of carbonyl (C=O) groups excluding carboxylic acids is 1. The highest BCUT2D eigenvalue weighted by molar-refractivity contribution is 6.16. The number of aromatic nitrogens is 3. The van der Waals surface area contributed by atoms with Crippen molar-refractivity contribution in [2.45, 2.75) is 6.10 Å². The normalized spacial score (nSPS) is 14.6. The third kappa shape index (κ3) is 3.85. The van der Waals surface area contributed by atoms with Gasteiger partial charge in [0.2, 0.25) is 0 Å². The number of methoxy groups -OCH3 is 1. The van der Waals surface area contributed by atoms with E-state index in [4.69, 9.17) is 14.2 Å². The van der Waals surface area contributed by atoms with Crippen molar-refractivity contribution in [1.29, 1.82) is 0 Å². The van der Waals surface area contributed by atoms with Crippen molar-refractivity contribution in [2.75, 3.05) is 20.3 Å². The summed E-state index contributed by atoms with van der Waals surface area (Å²) < 4.78 is 20.1. The number of ether oxygens (including phenoxy) is 3. The summed E-state index contributed by atoms with van der Waals surface area (Å²) in [6, 6.07) is 21.9. The van der Waals surface area contributed by atoms with Gasteiger partial charge in [-0.25, -0.2) is 0 Å². The first kappa shape index (κ1) is 22.7. The molecule has 0 radical (unpaired) electrons. The molecule has 9 nitrogen and oxygen atoms in total. The van der Waals surface area contributed by atoms with Crippen molar-refractivity contribution in [3.8, 4) is 22.9 Å². The average molecular weight is 497 g/mol. The van der Waals surface area contributed by atoms with Crippen molar-refractivity contribution >= 4 is 27.7 Å². The number of benzene rings is 3. The molecule has 1 aliphatic rings. The molecule has 0 spiro atoms. The lowest BCUT2D eigenvalue weighted by atomic mass is 10.1. The first-order valence-corrected chi connectivity index (χ1v) is 11.9. The number of hydrogen-bond donors (Lipinski definition) is 1. The molecule has 3 heterocycles. The Bertz CT molecular complexity index is 1700. The van der Waals surface area contributed by atoms with Crippen molar-refractivity contribution in [1.82, 2.24) is 19.7 Å². The van der Waals surface area contributed by atoms with E-state index in [-0.39, 0.29) is 23.9 Å². The first-order valence-electron chi connectivity index (χ1n) is 11.9. The van der Waals surface area contributed by atoms with E-state index in [2.05, 4.69) is 10.4 Å². The predicted octanol–water partition coefficient (Wildman–Crippen LogP) is 3.46. The summed E-state index contributed by atoms with van der Waals surface area (Å²) in [5, 5.41) is 8.78. The Morgan fingerprint density at radius 2 is 1.78 bits per heavy atom. The minimum absolute atomic E-state index is 0.152. The number of hydrogen-bond acceptors (Lipinski definition) is 6. The number of rotatable bonds is 5. The zero-order valence-electron chi connectivity index (χ0n) is 20.3. The van der Waals surface area contributed by atoms with Crippen LogP contribution in [0.2, 0.25) is 0 Å². The highest BCUT2D eigenvalue weighted by Gasteiger charge is 2.26. The quantitative estimate of drug-likeness (QED) is 0.400.